The van der Waals surface area contributed by atoms with Crippen LogP contribution in [-0.4, -0.2) is 39.8 Å². The molecule has 0 radical (unpaired) electrons. The van der Waals surface area contributed by atoms with Crippen molar-refractivity contribution in [3.05, 3.63) is 82.9 Å². The van der Waals surface area contributed by atoms with E-state index >= 15 is 0 Å². The van der Waals surface area contributed by atoms with Gasteiger partial charge in [-0.05, 0) is 37.6 Å². The molecule has 1 unspecified atom stereocenters. The number of imidazole rings is 1. The Morgan fingerprint density at radius 2 is 1.94 bits per heavy atom. The van der Waals surface area contributed by atoms with E-state index in [1.54, 1.807) is 29.6 Å². The lowest BCUT2D eigenvalue weighted by molar-refractivity contribution is -0.156. The third-order valence-electron chi connectivity index (χ3n) is 6.10. The average molecular weight is 414 g/mol. The van der Waals surface area contributed by atoms with Crippen molar-refractivity contribution < 1.29 is 9.59 Å². The molecule has 1 aromatic heterocycles. The van der Waals surface area contributed by atoms with Crippen molar-refractivity contribution in [2.75, 3.05) is 13.1 Å². The molecule has 156 valence electrons. The Morgan fingerprint density at radius 1 is 1.16 bits per heavy atom. The molecule has 0 aliphatic carbocycles. The smallest absolute Gasteiger partial charge is 0.347 e. The molecule has 1 fully saturated rings. The predicted octanol–water partition coefficient (Wildman–Crippen LogP) is 2.97. The molecule has 0 bridgehead atoms. The van der Waals surface area contributed by atoms with E-state index in [-0.39, 0.29) is 4.48 Å². The highest BCUT2D eigenvalue weighted by Gasteiger charge is 2.50. The Balaban J connectivity index is 1.74. The molecule has 1 saturated heterocycles. The van der Waals surface area contributed by atoms with Crippen molar-refractivity contribution in [1.29, 1.82) is 5.26 Å². The number of hydrogen-bond donors (Lipinski definition) is 1. The second-order valence-electron chi connectivity index (χ2n) is 7.99. The zero-order valence-electron chi connectivity index (χ0n) is 17.6. The van der Waals surface area contributed by atoms with Gasteiger partial charge in [0, 0.05) is 17.3 Å². The van der Waals surface area contributed by atoms with Gasteiger partial charge in [-0.1, -0.05) is 24.3 Å². The predicted molar refractivity (Wildman–Crippen MR) is 116 cm³/mol. The number of aromatic amines is 1. The van der Waals surface area contributed by atoms with Crippen molar-refractivity contribution in [2.24, 2.45) is 0 Å². The number of aromatic nitrogens is 2. The Hall–Kier alpha value is -3.76. The molecule has 1 atom stereocenters. The number of quaternary nitrogens is 1. The van der Waals surface area contributed by atoms with Gasteiger partial charge in [0.25, 0.3) is 0 Å². The van der Waals surface area contributed by atoms with E-state index in [1.807, 2.05) is 44.2 Å². The number of hydrogen-bond acceptors (Lipinski definition) is 4. The summed E-state index contributed by atoms with van der Waals surface area (Å²) in [5, 5.41) is 9.09. The van der Waals surface area contributed by atoms with Crippen LogP contribution in [0, 0.1) is 25.2 Å². The maximum Gasteiger partial charge on any atom is 0.409 e. The molecule has 3 aromatic rings. The standard InChI is InChI=1S/C24H24N5O2/c1-17-4-3-5-22(18(17)2)29(15-20-8-6-19(12-25)7-9-20)11-10-28(23(30)24(29)31)14-21-13-26-16-27-21/h3-9,13,16H,10-11,14-15H2,1-2H3,(H,26,27)/q+1. The summed E-state index contributed by atoms with van der Waals surface area (Å²) < 4.78 is -0.0578. The van der Waals surface area contributed by atoms with E-state index in [1.165, 1.54) is 0 Å². The third-order valence-corrected chi connectivity index (χ3v) is 6.10. The lowest BCUT2D eigenvalue weighted by atomic mass is 10.0. The fourth-order valence-electron chi connectivity index (χ4n) is 4.20. The summed E-state index contributed by atoms with van der Waals surface area (Å²) in [6.07, 6.45) is 3.23. The molecule has 2 aromatic carbocycles. The molecular weight excluding hydrogens is 390 g/mol. The van der Waals surface area contributed by atoms with Gasteiger partial charge < -0.3 is 9.88 Å². The highest BCUT2D eigenvalue weighted by molar-refractivity contribution is 6.38. The number of aryl methyl sites for hydroxylation is 1. The summed E-state index contributed by atoms with van der Waals surface area (Å²) in [4.78, 5) is 35.5. The number of rotatable bonds is 5. The van der Waals surface area contributed by atoms with Gasteiger partial charge >= 0.3 is 11.8 Å². The van der Waals surface area contributed by atoms with Gasteiger partial charge in [0.1, 0.15) is 18.8 Å². The molecule has 1 aliphatic heterocycles. The van der Waals surface area contributed by atoms with Crippen LogP contribution >= 0.6 is 0 Å². The number of carbonyl (C=O) groups excluding carboxylic acids is 2. The van der Waals surface area contributed by atoms with E-state index in [4.69, 9.17) is 5.26 Å². The van der Waals surface area contributed by atoms with E-state index < -0.39 is 11.8 Å². The van der Waals surface area contributed by atoms with Crippen LogP contribution < -0.4 is 4.48 Å². The van der Waals surface area contributed by atoms with E-state index in [9.17, 15) is 9.59 Å². The third kappa shape index (κ3) is 3.74. The SMILES string of the molecule is Cc1cccc([N+]2(Cc3ccc(C#N)cc3)CCN(Cc3cnc[nH]3)C(=O)C2=O)c1C. The van der Waals surface area contributed by atoms with Crippen LogP contribution in [0.2, 0.25) is 0 Å². The molecule has 4 rings (SSSR count). The maximum atomic E-state index is 13.7. The molecule has 0 spiro atoms. The largest absolute Gasteiger partial charge is 0.409 e. The van der Waals surface area contributed by atoms with Crippen LogP contribution in [-0.2, 0) is 22.7 Å². The first-order valence-electron chi connectivity index (χ1n) is 10.2. The second-order valence-corrected chi connectivity index (χ2v) is 7.99. The fourth-order valence-corrected chi connectivity index (χ4v) is 4.20. The van der Waals surface area contributed by atoms with Gasteiger partial charge in [-0.25, -0.2) is 14.3 Å². The van der Waals surface area contributed by atoms with E-state index in [0.717, 1.165) is 28.1 Å². The highest BCUT2D eigenvalue weighted by Crippen LogP contribution is 2.34. The lowest BCUT2D eigenvalue weighted by Gasteiger charge is -2.41. The quantitative estimate of drug-likeness (QED) is 0.513. The Bertz CT molecular complexity index is 1160. The summed E-state index contributed by atoms with van der Waals surface area (Å²) in [5.74, 6) is -0.931. The zero-order chi connectivity index (χ0) is 22.0. The summed E-state index contributed by atoms with van der Waals surface area (Å²) in [6.45, 7) is 5.62. The first-order valence-corrected chi connectivity index (χ1v) is 10.2. The molecule has 31 heavy (non-hydrogen) atoms. The molecule has 1 aliphatic rings. The number of piperazine rings is 1. The normalized spacial score (nSPS) is 18.8. The monoisotopic (exact) mass is 414 g/mol. The molecule has 2 heterocycles. The van der Waals surface area contributed by atoms with Crippen LogP contribution in [0.4, 0.5) is 5.69 Å². The van der Waals surface area contributed by atoms with Gasteiger partial charge in [0.15, 0.2) is 0 Å². The average Bonchev–Trinajstić information content (AvgIpc) is 3.29. The van der Waals surface area contributed by atoms with Gasteiger partial charge in [0.05, 0.1) is 36.7 Å². The van der Waals surface area contributed by atoms with Crippen molar-refractivity contribution in [2.45, 2.75) is 26.9 Å². The van der Waals surface area contributed by atoms with E-state index in [0.29, 0.717) is 31.7 Å². The van der Waals surface area contributed by atoms with E-state index in [2.05, 4.69) is 16.0 Å². The lowest BCUT2D eigenvalue weighted by Crippen LogP contribution is -2.66. The minimum Gasteiger partial charge on any atom is -0.347 e. The minimum atomic E-state index is -0.490. The molecule has 7 heteroatoms. The summed E-state index contributed by atoms with van der Waals surface area (Å²) in [7, 11) is 0. The van der Waals surface area contributed by atoms with Gasteiger partial charge in [-0.2, -0.15) is 5.26 Å². The molecule has 7 nitrogen and oxygen atoms in total. The number of carbonyl (C=O) groups is 2. The molecule has 2 amide bonds. The Kier molecular flexibility index (Phi) is 5.40. The Morgan fingerprint density at radius 3 is 2.61 bits per heavy atom. The van der Waals surface area contributed by atoms with Crippen LogP contribution in [0.5, 0.6) is 0 Å². The van der Waals surface area contributed by atoms with Gasteiger partial charge in [-0.15, -0.1) is 0 Å². The van der Waals surface area contributed by atoms with Crippen molar-refractivity contribution in [1.82, 2.24) is 19.4 Å². The number of benzene rings is 2. The maximum absolute atomic E-state index is 13.7. The number of nitriles is 1. The minimum absolute atomic E-state index is 0.0578. The summed E-state index contributed by atoms with van der Waals surface area (Å²) in [6, 6.07) is 15.2. The number of amides is 2. The topological polar surface area (TPSA) is 89.8 Å². The fraction of sp³-hybridized carbons (Fsp3) is 0.250. The van der Waals surface area contributed by atoms with Crippen LogP contribution in [0.15, 0.2) is 55.0 Å². The van der Waals surface area contributed by atoms with Crippen molar-refractivity contribution >= 4 is 17.5 Å². The van der Waals surface area contributed by atoms with Gasteiger partial charge in [-0.3, -0.25) is 4.79 Å². The van der Waals surface area contributed by atoms with Crippen LogP contribution in [0.25, 0.3) is 0 Å². The second kappa shape index (κ2) is 8.17. The molecule has 1 N–H and O–H groups in total. The molecule has 0 saturated carbocycles. The Labute approximate surface area is 181 Å². The highest BCUT2D eigenvalue weighted by atomic mass is 16.2. The summed E-state index contributed by atoms with van der Waals surface area (Å²) in [5.41, 5.74) is 5.20. The zero-order valence-corrected chi connectivity index (χ0v) is 17.6. The number of H-pyrrole nitrogens is 1. The van der Waals surface area contributed by atoms with Gasteiger partial charge in [0.2, 0.25) is 0 Å². The van der Waals surface area contributed by atoms with Crippen molar-refractivity contribution in [3.63, 3.8) is 0 Å². The number of nitrogens with one attached hydrogen (secondary N) is 1. The van der Waals surface area contributed by atoms with Crippen LogP contribution in [0.1, 0.15) is 27.9 Å². The summed E-state index contributed by atoms with van der Waals surface area (Å²) >= 11 is 0. The van der Waals surface area contributed by atoms with Crippen LogP contribution in [0.3, 0.4) is 0 Å². The van der Waals surface area contributed by atoms with Crippen molar-refractivity contribution in [3.8, 4) is 6.07 Å². The first kappa shape index (κ1) is 20.5. The first-order chi connectivity index (χ1) is 14.9. The number of nitrogens with zero attached hydrogens (tertiary/aromatic N) is 4. The molecular formula is C24H24N5O2+.